The van der Waals surface area contributed by atoms with Crippen LogP contribution in [-0.2, 0) is 14.4 Å². The molecule has 2 amide bonds. The van der Waals surface area contributed by atoms with Crippen molar-refractivity contribution in [3.8, 4) is 0 Å². The molecule has 9 heteroatoms. The topological polar surface area (TPSA) is 113 Å². The molecule has 0 aromatic rings. The Hall–Kier alpha value is -0.930. The molecule has 0 saturated carbocycles. The summed E-state index contributed by atoms with van der Waals surface area (Å²) in [5.41, 5.74) is 5.88. The molecular formula is C13H23N3O4S2. The number of nitrogens with zero attached hydrogens (tertiary/aromatic N) is 1. The zero-order chi connectivity index (χ0) is 16.7. The number of thiol groups is 1. The first kappa shape index (κ1) is 19.1. The number of likely N-dealkylation sites (tertiary alicyclic amines) is 1. The molecule has 1 saturated heterocycles. The van der Waals surface area contributed by atoms with E-state index in [9.17, 15) is 14.4 Å². The van der Waals surface area contributed by atoms with Crippen molar-refractivity contribution in [3.63, 3.8) is 0 Å². The molecule has 3 unspecified atom stereocenters. The molecule has 0 bridgehead atoms. The molecule has 0 radical (unpaired) electrons. The lowest BCUT2D eigenvalue weighted by Gasteiger charge is -2.27. The maximum atomic E-state index is 12.3. The standard InChI is InChI=1S/C13H23N3O4S2/c1-22-6-4-8(14)12(18)16-5-2-3-10(16)11(17)15-9(7-21)13(19)20/h8-10,21H,2-7,14H2,1H3,(H,15,17)(H,19,20). The zero-order valence-corrected chi connectivity index (χ0v) is 14.2. The summed E-state index contributed by atoms with van der Waals surface area (Å²) < 4.78 is 0. The van der Waals surface area contributed by atoms with Gasteiger partial charge in [0.15, 0.2) is 0 Å². The third kappa shape index (κ3) is 5.06. The van der Waals surface area contributed by atoms with Gasteiger partial charge in [-0.15, -0.1) is 0 Å². The van der Waals surface area contributed by atoms with E-state index in [0.717, 1.165) is 5.75 Å². The van der Waals surface area contributed by atoms with Gasteiger partial charge in [-0.2, -0.15) is 24.4 Å². The second-order valence-electron chi connectivity index (χ2n) is 5.16. The number of hydrogen-bond donors (Lipinski definition) is 4. The Balaban J connectivity index is 2.67. The zero-order valence-electron chi connectivity index (χ0n) is 12.5. The quantitative estimate of drug-likeness (QED) is 0.442. The summed E-state index contributed by atoms with van der Waals surface area (Å²) in [4.78, 5) is 37.0. The van der Waals surface area contributed by atoms with E-state index in [-0.39, 0.29) is 11.7 Å². The largest absolute Gasteiger partial charge is 0.480 e. The Morgan fingerprint density at radius 3 is 2.73 bits per heavy atom. The lowest BCUT2D eigenvalue weighted by molar-refractivity contribution is -0.143. The molecule has 0 aromatic heterocycles. The van der Waals surface area contributed by atoms with Gasteiger partial charge in [-0.1, -0.05) is 0 Å². The van der Waals surface area contributed by atoms with Crippen LogP contribution in [0.15, 0.2) is 0 Å². The Morgan fingerprint density at radius 2 is 2.18 bits per heavy atom. The summed E-state index contributed by atoms with van der Waals surface area (Å²) in [7, 11) is 0. The molecule has 1 rings (SSSR count). The van der Waals surface area contributed by atoms with Crippen LogP contribution in [0, 0.1) is 0 Å². The van der Waals surface area contributed by atoms with Crippen molar-refractivity contribution in [1.29, 1.82) is 0 Å². The number of aliphatic carboxylic acids is 1. The van der Waals surface area contributed by atoms with Crippen LogP contribution in [0.3, 0.4) is 0 Å². The molecule has 1 aliphatic heterocycles. The van der Waals surface area contributed by atoms with Gasteiger partial charge >= 0.3 is 5.97 Å². The van der Waals surface area contributed by atoms with Gasteiger partial charge in [-0.25, -0.2) is 4.79 Å². The van der Waals surface area contributed by atoms with Crippen molar-refractivity contribution >= 4 is 42.2 Å². The summed E-state index contributed by atoms with van der Waals surface area (Å²) in [6.45, 7) is 0.475. The fourth-order valence-electron chi connectivity index (χ4n) is 2.34. The van der Waals surface area contributed by atoms with Crippen molar-refractivity contribution in [1.82, 2.24) is 10.2 Å². The fraction of sp³-hybridized carbons (Fsp3) is 0.769. The second kappa shape index (κ2) is 9.26. The molecule has 22 heavy (non-hydrogen) atoms. The first-order valence-corrected chi connectivity index (χ1v) is 9.14. The average molecular weight is 349 g/mol. The Morgan fingerprint density at radius 1 is 1.50 bits per heavy atom. The first-order chi connectivity index (χ1) is 10.4. The SMILES string of the molecule is CSCCC(N)C(=O)N1CCCC1C(=O)NC(CS)C(=O)O. The first-order valence-electron chi connectivity index (χ1n) is 7.11. The lowest BCUT2D eigenvalue weighted by atomic mass is 10.1. The third-order valence-electron chi connectivity index (χ3n) is 3.59. The van der Waals surface area contributed by atoms with Crippen LogP contribution in [0.25, 0.3) is 0 Å². The van der Waals surface area contributed by atoms with Gasteiger partial charge in [0, 0.05) is 12.3 Å². The number of nitrogens with two attached hydrogens (primary N) is 1. The highest BCUT2D eigenvalue weighted by Crippen LogP contribution is 2.19. The molecule has 7 nitrogen and oxygen atoms in total. The Bertz CT molecular complexity index is 422. The van der Waals surface area contributed by atoms with Gasteiger partial charge in [0.2, 0.25) is 11.8 Å². The molecule has 0 spiro atoms. The number of hydrogen-bond acceptors (Lipinski definition) is 6. The van der Waals surface area contributed by atoms with Gasteiger partial charge in [0.1, 0.15) is 12.1 Å². The van der Waals surface area contributed by atoms with Crippen LogP contribution in [0.5, 0.6) is 0 Å². The maximum absolute atomic E-state index is 12.3. The van der Waals surface area contributed by atoms with Gasteiger partial charge < -0.3 is 21.1 Å². The molecule has 1 heterocycles. The number of carbonyl (C=O) groups is 3. The minimum absolute atomic E-state index is 0.00498. The van der Waals surface area contributed by atoms with E-state index < -0.39 is 30.0 Å². The number of thioether (sulfide) groups is 1. The number of rotatable bonds is 8. The minimum atomic E-state index is -1.14. The average Bonchev–Trinajstić information content (AvgIpc) is 2.98. The number of carboxylic acids is 1. The van der Waals surface area contributed by atoms with E-state index in [4.69, 9.17) is 10.8 Å². The highest BCUT2D eigenvalue weighted by Gasteiger charge is 2.37. The summed E-state index contributed by atoms with van der Waals surface area (Å²) in [6, 6.07) is -2.32. The van der Waals surface area contributed by atoms with E-state index in [0.29, 0.717) is 25.8 Å². The number of carbonyl (C=O) groups excluding carboxylic acids is 2. The van der Waals surface area contributed by atoms with Gasteiger partial charge in [-0.05, 0) is 31.3 Å². The van der Waals surface area contributed by atoms with Crippen molar-refractivity contribution in [2.75, 3.05) is 24.3 Å². The van der Waals surface area contributed by atoms with Crippen LogP contribution in [0.1, 0.15) is 19.3 Å². The van der Waals surface area contributed by atoms with Gasteiger partial charge in [0.25, 0.3) is 0 Å². The predicted molar refractivity (Wildman–Crippen MR) is 89.1 cm³/mol. The molecule has 0 aliphatic carbocycles. The number of amides is 2. The van der Waals surface area contributed by atoms with E-state index in [1.165, 1.54) is 4.90 Å². The lowest BCUT2D eigenvalue weighted by Crippen LogP contribution is -2.54. The normalized spacial score (nSPS) is 20.5. The van der Waals surface area contributed by atoms with Crippen LogP contribution in [0.2, 0.25) is 0 Å². The van der Waals surface area contributed by atoms with Crippen LogP contribution >= 0.6 is 24.4 Å². The van der Waals surface area contributed by atoms with E-state index in [2.05, 4.69) is 17.9 Å². The van der Waals surface area contributed by atoms with Crippen LogP contribution < -0.4 is 11.1 Å². The summed E-state index contributed by atoms with van der Waals surface area (Å²) >= 11 is 5.52. The summed E-state index contributed by atoms with van der Waals surface area (Å²) in [5.74, 6) is -1.07. The van der Waals surface area contributed by atoms with E-state index >= 15 is 0 Å². The van der Waals surface area contributed by atoms with Crippen molar-refractivity contribution in [2.24, 2.45) is 5.73 Å². The maximum Gasteiger partial charge on any atom is 0.327 e. The minimum Gasteiger partial charge on any atom is -0.480 e. The highest BCUT2D eigenvalue weighted by atomic mass is 32.2. The molecule has 0 aromatic carbocycles. The van der Waals surface area contributed by atoms with Crippen LogP contribution in [-0.4, -0.2) is 70.2 Å². The smallest absolute Gasteiger partial charge is 0.327 e. The van der Waals surface area contributed by atoms with Crippen molar-refractivity contribution in [2.45, 2.75) is 37.4 Å². The van der Waals surface area contributed by atoms with E-state index in [1.54, 1.807) is 11.8 Å². The van der Waals surface area contributed by atoms with Crippen molar-refractivity contribution in [3.05, 3.63) is 0 Å². The number of nitrogens with one attached hydrogen (secondary N) is 1. The Kier molecular flexibility index (Phi) is 8.05. The second-order valence-corrected chi connectivity index (χ2v) is 6.51. The highest BCUT2D eigenvalue weighted by molar-refractivity contribution is 7.98. The molecule has 4 N–H and O–H groups in total. The van der Waals surface area contributed by atoms with Gasteiger partial charge in [-0.3, -0.25) is 9.59 Å². The van der Waals surface area contributed by atoms with Crippen LogP contribution in [0.4, 0.5) is 0 Å². The summed E-state index contributed by atoms with van der Waals surface area (Å²) in [6.07, 6.45) is 3.72. The molecule has 3 atom stereocenters. The van der Waals surface area contributed by atoms with Crippen molar-refractivity contribution < 1.29 is 19.5 Å². The number of carboxylic acid groups (broad SMARTS) is 1. The monoisotopic (exact) mass is 349 g/mol. The molecule has 1 aliphatic rings. The molecule has 126 valence electrons. The van der Waals surface area contributed by atoms with Gasteiger partial charge in [0.05, 0.1) is 6.04 Å². The van der Waals surface area contributed by atoms with E-state index in [1.807, 2.05) is 6.26 Å². The Labute approximate surface area is 139 Å². The fourth-order valence-corrected chi connectivity index (χ4v) is 3.07. The third-order valence-corrected chi connectivity index (χ3v) is 4.59. The molecular weight excluding hydrogens is 326 g/mol. The predicted octanol–water partition coefficient (Wildman–Crippen LogP) is -0.443. The molecule has 1 fully saturated rings. The summed E-state index contributed by atoms with van der Waals surface area (Å²) in [5, 5.41) is 11.4.